The topological polar surface area (TPSA) is 70.6 Å². The lowest BCUT2D eigenvalue weighted by Gasteiger charge is -2.23. The molecule has 18 heavy (non-hydrogen) atoms. The van der Waals surface area contributed by atoms with Gasteiger partial charge >= 0.3 is 0 Å². The fourth-order valence-corrected chi connectivity index (χ4v) is 1.74. The molecule has 1 rings (SSSR count). The first-order valence-electron chi connectivity index (χ1n) is 5.54. The summed E-state index contributed by atoms with van der Waals surface area (Å²) in [5.41, 5.74) is 5.57. The van der Waals surface area contributed by atoms with E-state index in [1.165, 1.54) is 6.07 Å². The first kappa shape index (κ1) is 14.8. The number of nitrogens with zero attached hydrogens (tertiary/aromatic N) is 1. The molecule has 0 unspecified atom stereocenters. The fraction of sp³-hybridized carbons (Fsp3) is 0.417. The minimum Gasteiger partial charge on any atom is -0.409 e. The average Bonchev–Trinajstić information content (AvgIpc) is 2.30. The molecule has 0 aliphatic heterocycles. The van der Waals surface area contributed by atoms with Crippen LogP contribution in [-0.4, -0.2) is 17.6 Å². The Morgan fingerprint density at radius 3 is 2.78 bits per heavy atom. The van der Waals surface area contributed by atoms with Crippen molar-refractivity contribution in [3.8, 4) is 0 Å². The second-order valence-electron chi connectivity index (χ2n) is 4.67. The second-order valence-corrected chi connectivity index (χ2v) is 5.59. The normalized spacial score (nSPS) is 12.6. The number of nitrogens with two attached hydrogens (primary N) is 1. The maximum absolute atomic E-state index is 13.5. The summed E-state index contributed by atoms with van der Waals surface area (Å²) in [4.78, 5) is 0. The first-order chi connectivity index (χ1) is 8.36. The van der Waals surface area contributed by atoms with Gasteiger partial charge < -0.3 is 16.3 Å². The van der Waals surface area contributed by atoms with E-state index in [1.807, 2.05) is 13.8 Å². The van der Waals surface area contributed by atoms with Crippen LogP contribution >= 0.6 is 15.9 Å². The van der Waals surface area contributed by atoms with Crippen molar-refractivity contribution in [2.24, 2.45) is 16.3 Å². The van der Waals surface area contributed by atoms with Crippen LogP contribution in [0, 0.1) is 11.2 Å². The molecule has 1 aromatic carbocycles. The predicted octanol–water partition coefficient (Wildman–Crippen LogP) is 3.16. The molecule has 100 valence electrons. The monoisotopic (exact) mass is 317 g/mol. The van der Waals surface area contributed by atoms with Crippen LogP contribution in [0.15, 0.2) is 27.8 Å². The van der Waals surface area contributed by atoms with Gasteiger partial charge in [-0.05, 0) is 24.6 Å². The molecule has 4 N–H and O–H groups in total. The summed E-state index contributed by atoms with van der Waals surface area (Å²) in [6.07, 6.45) is 0.623. The summed E-state index contributed by atoms with van der Waals surface area (Å²) in [5, 5.41) is 14.6. The highest BCUT2D eigenvalue weighted by atomic mass is 79.9. The van der Waals surface area contributed by atoms with Gasteiger partial charge in [-0.2, -0.15) is 0 Å². The van der Waals surface area contributed by atoms with Gasteiger partial charge in [0.05, 0.1) is 5.69 Å². The molecule has 0 saturated carbocycles. The zero-order valence-electron chi connectivity index (χ0n) is 10.4. The fourth-order valence-electron chi connectivity index (χ4n) is 1.41. The third-order valence-electron chi connectivity index (χ3n) is 2.80. The Balaban J connectivity index is 2.57. The van der Waals surface area contributed by atoms with Crippen molar-refractivity contribution in [3.63, 3.8) is 0 Å². The van der Waals surface area contributed by atoms with Gasteiger partial charge in [0.15, 0.2) is 0 Å². The minimum absolute atomic E-state index is 0.167. The smallest absolute Gasteiger partial charge is 0.147 e. The van der Waals surface area contributed by atoms with Crippen LogP contribution in [0.3, 0.4) is 0 Å². The Kier molecular flexibility index (Phi) is 4.95. The van der Waals surface area contributed by atoms with Gasteiger partial charge in [-0.1, -0.05) is 34.9 Å². The van der Waals surface area contributed by atoms with Crippen molar-refractivity contribution in [2.45, 2.75) is 20.3 Å². The molecule has 0 amide bonds. The van der Waals surface area contributed by atoms with Crippen molar-refractivity contribution in [3.05, 3.63) is 28.5 Å². The molecule has 0 aliphatic carbocycles. The SMILES string of the molecule is CC(C)(CCNc1ccc(Br)cc1F)C(N)=NO. The van der Waals surface area contributed by atoms with Gasteiger partial charge in [-0.25, -0.2) is 4.39 Å². The quantitative estimate of drug-likeness (QED) is 0.338. The summed E-state index contributed by atoms with van der Waals surface area (Å²) >= 11 is 3.20. The summed E-state index contributed by atoms with van der Waals surface area (Å²) in [7, 11) is 0. The third kappa shape index (κ3) is 3.87. The van der Waals surface area contributed by atoms with Gasteiger partial charge in [0.2, 0.25) is 0 Å². The largest absolute Gasteiger partial charge is 0.409 e. The number of hydrogen-bond donors (Lipinski definition) is 3. The lowest BCUT2D eigenvalue weighted by Crippen LogP contribution is -2.33. The van der Waals surface area contributed by atoms with Crippen molar-refractivity contribution >= 4 is 27.5 Å². The molecular weight excluding hydrogens is 301 g/mol. The highest BCUT2D eigenvalue weighted by Crippen LogP contribution is 2.22. The highest BCUT2D eigenvalue weighted by molar-refractivity contribution is 9.10. The number of hydrogen-bond acceptors (Lipinski definition) is 3. The molecule has 0 atom stereocenters. The van der Waals surface area contributed by atoms with Gasteiger partial charge in [0.25, 0.3) is 0 Å². The molecular formula is C12H17BrFN3O. The van der Waals surface area contributed by atoms with E-state index in [4.69, 9.17) is 10.9 Å². The van der Waals surface area contributed by atoms with Crippen molar-refractivity contribution < 1.29 is 9.60 Å². The molecule has 0 fully saturated rings. The highest BCUT2D eigenvalue weighted by Gasteiger charge is 2.23. The van der Waals surface area contributed by atoms with Crippen LogP contribution in [-0.2, 0) is 0 Å². The molecule has 4 nitrogen and oxygen atoms in total. The maximum Gasteiger partial charge on any atom is 0.147 e. The zero-order chi connectivity index (χ0) is 13.8. The van der Waals surface area contributed by atoms with Crippen LogP contribution in [0.4, 0.5) is 10.1 Å². The summed E-state index contributed by atoms with van der Waals surface area (Å²) in [6.45, 7) is 4.26. The lowest BCUT2D eigenvalue weighted by atomic mass is 9.88. The Morgan fingerprint density at radius 1 is 1.56 bits per heavy atom. The van der Waals surface area contributed by atoms with E-state index in [0.29, 0.717) is 23.1 Å². The van der Waals surface area contributed by atoms with E-state index in [-0.39, 0.29) is 11.7 Å². The van der Waals surface area contributed by atoms with Crippen molar-refractivity contribution in [1.82, 2.24) is 0 Å². The minimum atomic E-state index is -0.437. The maximum atomic E-state index is 13.5. The Bertz CT molecular complexity index is 449. The zero-order valence-corrected chi connectivity index (χ0v) is 12.0. The number of amidine groups is 1. The van der Waals surface area contributed by atoms with E-state index in [0.717, 1.165) is 0 Å². The second kappa shape index (κ2) is 6.04. The number of oxime groups is 1. The molecule has 0 aromatic heterocycles. The number of anilines is 1. The van der Waals surface area contributed by atoms with E-state index >= 15 is 0 Å². The number of benzene rings is 1. The van der Waals surface area contributed by atoms with Crippen LogP contribution in [0.5, 0.6) is 0 Å². The Labute approximate surface area is 114 Å². The van der Waals surface area contributed by atoms with Crippen LogP contribution in [0.2, 0.25) is 0 Å². The van der Waals surface area contributed by atoms with Gasteiger partial charge in [-0.3, -0.25) is 0 Å². The summed E-state index contributed by atoms with van der Waals surface area (Å²) in [5.74, 6) is -0.147. The standard InChI is InChI=1S/C12H17BrFN3O/c1-12(2,11(15)17-18)5-6-16-10-4-3-8(13)7-9(10)14/h3-4,7,16,18H,5-6H2,1-2H3,(H2,15,17). The van der Waals surface area contributed by atoms with Gasteiger partial charge in [0, 0.05) is 16.4 Å². The van der Waals surface area contributed by atoms with Gasteiger partial charge in [0.1, 0.15) is 11.7 Å². The molecule has 1 aromatic rings. The summed E-state index contributed by atoms with van der Waals surface area (Å²) in [6, 6.07) is 4.83. The first-order valence-corrected chi connectivity index (χ1v) is 6.33. The van der Waals surface area contributed by atoms with Crippen LogP contribution in [0.1, 0.15) is 20.3 Å². The Hall–Kier alpha value is -1.30. The number of rotatable bonds is 5. The van der Waals surface area contributed by atoms with Crippen LogP contribution < -0.4 is 11.1 Å². The van der Waals surface area contributed by atoms with Crippen molar-refractivity contribution in [2.75, 3.05) is 11.9 Å². The number of halogens is 2. The average molecular weight is 318 g/mol. The molecule has 0 saturated heterocycles. The Morgan fingerprint density at radius 2 is 2.22 bits per heavy atom. The molecule has 6 heteroatoms. The molecule has 0 heterocycles. The molecule has 0 spiro atoms. The van der Waals surface area contributed by atoms with E-state index < -0.39 is 5.41 Å². The summed E-state index contributed by atoms with van der Waals surface area (Å²) < 4.78 is 14.2. The predicted molar refractivity (Wildman–Crippen MR) is 74.4 cm³/mol. The van der Waals surface area contributed by atoms with Crippen molar-refractivity contribution in [1.29, 1.82) is 0 Å². The van der Waals surface area contributed by atoms with Gasteiger partial charge in [-0.15, -0.1) is 0 Å². The third-order valence-corrected chi connectivity index (χ3v) is 3.29. The van der Waals surface area contributed by atoms with E-state index in [1.54, 1.807) is 12.1 Å². The molecule has 0 aliphatic rings. The van der Waals surface area contributed by atoms with E-state index in [2.05, 4.69) is 26.4 Å². The number of nitrogens with one attached hydrogen (secondary N) is 1. The molecule has 0 radical (unpaired) electrons. The van der Waals surface area contributed by atoms with E-state index in [9.17, 15) is 4.39 Å². The molecule has 0 bridgehead atoms. The lowest BCUT2D eigenvalue weighted by molar-refractivity contribution is 0.306. The van der Waals surface area contributed by atoms with Crippen LogP contribution in [0.25, 0.3) is 0 Å².